The number of rotatable bonds is 4. The van der Waals surface area contributed by atoms with Gasteiger partial charge in [0.25, 0.3) is 6.57 Å². The lowest BCUT2D eigenvalue weighted by Gasteiger charge is -2.10. The van der Waals surface area contributed by atoms with Crippen molar-refractivity contribution < 1.29 is 9.09 Å². The fourth-order valence-electron chi connectivity index (χ4n) is 0.934. The lowest BCUT2D eigenvalue weighted by molar-refractivity contribution is 0.350. The van der Waals surface area contributed by atoms with E-state index in [1.165, 1.54) is 11.4 Å². The molecule has 0 fully saturated rings. The van der Waals surface area contributed by atoms with Gasteiger partial charge in [-0.1, -0.05) is 18.2 Å². The highest BCUT2D eigenvalue weighted by Gasteiger charge is 2.16. The average Bonchev–Trinajstić information content (AvgIpc) is 2.04. The third kappa shape index (κ3) is 3.99. The lowest BCUT2D eigenvalue weighted by atomic mass is 10.4. The third-order valence-corrected chi connectivity index (χ3v) is 4.86. The second-order valence-corrected chi connectivity index (χ2v) is 7.59. The molecule has 0 radical (unpaired) electrons. The lowest BCUT2D eigenvalue weighted by Crippen LogP contribution is -1.83. The molecule has 0 aromatic heterocycles. The zero-order valence-electron chi connectivity index (χ0n) is 7.77. The van der Waals surface area contributed by atoms with Crippen molar-refractivity contribution in [2.75, 3.05) is 13.3 Å². The molecule has 4 heteroatoms. The maximum atomic E-state index is 11.7. The molecule has 0 N–H and O–H groups in total. The largest absolute Gasteiger partial charge is 0.321 e. The van der Waals surface area contributed by atoms with E-state index in [1.54, 1.807) is 6.66 Å². The predicted molar refractivity (Wildman–Crippen MR) is 57.5 cm³/mol. The summed E-state index contributed by atoms with van der Waals surface area (Å²) < 4.78 is 16.9. The van der Waals surface area contributed by atoms with Crippen LogP contribution in [0.2, 0.25) is 0 Å². The molecular formula is C9H13O2PS. The van der Waals surface area contributed by atoms with E-state index >= 15 is 0 Å². The van der Waals surface area contributed by atoms with Crippen molar-refractivity contribution in [3.8, 4) is 0 Å². The molecule has 1 atom stereocenters. The Hall–Kier alpha value is -0.240. The quantitative estimate of drug-likeness (QED) is 0.719. The zero-order chi connectivity index (χ0) is 9.73. The molecule has 1 aromatic rings. The highest BCUT2D eigenvalue weighted by Crippen LogP contribution is 2.59. The van der Waals surface area contributed by atoms with Gasteiger partial charge >= 0.3 is 0 Å². The Balaban J connectivity index is 2.64. The van der Waals surface area contributed by atoms with Gasteiger partial charge in [0.2, 0.25) is 0 Å². The van der Waals surface area contributed by atoms with E-state index in [2.05, 4.69) is 0 Å². The molecule has 0 aliphatic rings. The number of hydrogen-bond donors (Lipinski definition) is 0. The fourth-order valence-corrected chi connectivity index (χ4v) is 4.11. The van der Waals surface area contributed by atoms with Crippen molar-refractivity contribution in [2.24, 2.45) is 0 Å². The van der Waals surface area contributed by atoms with E-state index in [4.69, 9.17) is 4.52 Å². The maximum Gasteiger partial charge on any atom is 0.259 e. The Labute approximate surface area is 82.9 Å². The summed E-state index contributed by atoms with van der Waals surface area (Å²) in [4.78, 5) is 0.988. The predicted octanol–water partition coefficient (Wildman–Crippen LogP) is 3.64. The van der Waals surface area contributed by atoms with Crippen LogP contribution in [-0.2, 0) is 9.09 Å². The summed E-state index contributed by atoms with van der Waals surface area (Å²) >= 11 is 1.30. The first kappa shape index (κ1) is 10.8. The van der Waals surface area contributed by atoms with Gasteiger partial charge in [-0.2, -0.15) is 0 Å². The molecular weight excluding hydrogens is 203 g/mol. The highest BCUT2D eigenvalue weighted by atomic mass is 32.7. The van der Waals surface area contributed by atoms with Crippen LogP contribution in [0.4, 0.5) is 0 Å². The fraction of sp³-hybridized carbons (Fsp3) is 0.333. The van der Waals surface area contributed by atoms with Gasteiger partial charge in [0, 0.05) is 11.6 Å². The normalized spacial score (nSPS) is 15.2. The van der Waals surface area contributed by atoms with E-state index in [0.29, 0.717) is 6.61 Å². The van der Waals surface area contributed by atoms with Crippen molar-refractivity contribution in [3.05, 3.63) is 30.3 Å². The maximum absolute atomic E-state index is 11.7. The Morgan fingerprint density at radius 1 is 1.38 bits per heavy atom. The van der Waals surface area contributed by atoms with Gasteiger partial charge < -0.3 is 4.52 Å². The minimum atomic E-state index is -2.50. The topological polar surface area (TPSA) is 26.3 Å². The molecule has 0 saturated heterocycles. The highest BCUT2D eigenvalue weighted by molar-refractivity contribution is 8.56. The molecule has 72 valence electrons. The second kappa shape index (κ2) is 4.85. The first-order valence-electron chi connectivity index (χ1n) is 4.11. The van der Waals surface area contributed by atoms with Crippen molar-refractivity contribution in [1.29, 1.82) is 0 Å². The van der Waals surface area contributed by atoms with Crippen LogP contribution in [0.1, 0.15) is 6.92 Å². The molecule has 1 aromatic carbocycles. The minimum absolute atomic E-state index is 0.494. The third-order valence-electron chi connectivity index (χ3n) is 1.38. The van der Waals surface area contributed by atoms with Crippen LogP contribution >= 0.6 is 18.0 Å². The Morgan fingerprint density at radius 2 is 2.00 bits per heavy atom. The van der Waals surface area contributed by atoms with Gasteiger partial charge in [0.15, 0.2) is 0 Å². The molecule has 2 nitrogen and oxygen atoms in total. The van der Waals surface area contributed by atoms with E-state index in [1.807, 2.05) is 37.3 Å². The van der Waals surface area contributed by atoms with Crippen LogP contribution in [0.25, 0.3) is 0 Å². The molecule has 0 aliphatic heterocycles. The van der Waals surface area contributed by atoms with E-state index < -0.39 is 6.57 Å². The average molecular weight is 216 g/mol. The van der Waals surface area contributed by atoms with Crippen LogP contribution in [0, 0.1) is 0 Å². The summed E-state index contributed by atoms with van der Waals surface area (Å²) in [5, 5.41) is 0. The second-order valence-electron chi connectivity index (χ2n) is 2.59. The van der Waals surface area contributed by atoms with E-state index in [0.717, 1.165) is 4.90 Å². The molecule has 0 heterocycles. The summed E-state index contributed by atoms with van der Waals surface area (Å²) in [6.45, 7) is 1.49. The first-order chi connectivity index (χ1) is 6.14. The molecule has 0 amide bonds. The molecule has 0 saturated carbocycles. The summed E-state index contributed by atoms with van der Waals surface area (Å²) in [6.07, 6.45) is 0. The van der Waals surface area contributed by atoms with Crippen LogP contribution in [0.3, 0.4) is 0 Å². The van der Waals surface area contributed by atoms with Crippen molar-refractivity contribution in [2.45, 2.75) is 11.8 Å². The summed E-state index contributed by atoms with van der Waals surface area (Å²) in [7, 11) is 0. The first-order valence-corrected chi connectivity index (χ1v) is 7.60. The number of benzene rings is 1. The molecule has 1 unspecified atom stereocenters. The van der Waals surface area contributed by atoms with Crippen molar-refractivity contribution in [1.82, 2.24) is 0 Å². The Bertz CT molecular complexity index is 300. The van der Waals surface area contributed by atoms with Crippen LogP contribution in [0.15, 0.2) is 35.2 Å². The van der Waals surface area contributed by atoms with Gasteiger partial charge in [-0.25, -0.2) is 0 Å². The van der Waals surface area contributed by atoms with Crippen molar-refractivity contribution in [3.63, 3.8) is 0 Å². The standard InChI is InChI=1S/C9H13O2PS/c1-3-11-12(2,10)13-9-7-5-4-6-8-9/h4-8H,3H2,1-2H3. The molecule has 0 spiro atoms. The Kier molecular flexibility index (Phi) is 4.04. The van der Waals surface area contributed by atoms with Gasteiger partial charge in [0.1, 0.15) is 0 Å². The minimum Gasteiger partial charge on any atom is -0.321 e. The monoisotopic (exact) mass is 216 g/mol. The molecule has 1 rings (SSSR count). The SMILES string of the molecule is CCOP(C)(=O)Sc1ccccc1. The smallest absolute Gasteiger partial charge is 0.259 e. The molecule has 0 bridgehead atoms. The van der Waals surface area contributed by atoms with Crippen LogP contribution in [0.5, 0.6) is 0 Å². The zero-order valence-corrected chi connectivity index (χ0v) is 9.48. The van der Waals surface area contributed by atoms with Gasteiger partial charge in [-0.05, 0) is 30.4 Å². The summed E-state index contributed by atoms with van der Waals surface area (Å²) in [5.74, 6) is 0. The molecule has 0 aliphatic carbocycles. The van der Waals surface area contributed by atoms with Gasteiger partial charge in [-0.15, -0.1) is 0 Å². The summed E-state index contributed by atoms with van der Waals surface area (Å²) in [5.41, 5.74) is 0. The van der Waals surface area contributed by atoms with Gasteiger partial charge in [-0.3, -0.25) is 4.57 Å². The Morgan fingerprint density at radius 3 is 2.54 bits per heavy atom. The summed E-state index contributed by atoms with van der Waals surface area (Å²) in [6, 6.07) is 9.65. The van der Waals surface area contributed by atoms with Crippen molar-refractivity contribution >= 4 is 18.0 Å². The molecule has 13 heavy (non-hydrogen) atoms. The van der Waals surface area contributed by atoms with Crippen LogP contribution < -0.4 is 0 Å². The van der Waals surface area contributed by atoms with Gasteiger partial charge in [0.05, 0.1) is 6.61 Å². The number of hydrogen-bond acceptors (Lipinski definition) is 3. The van der Waals surface area contributed by atoms with E-state index in [-0.39, 0.29) is 0 Å². The van der Waals surface area contributed by atoms with E-state index in [9.17, 15) is 4.57 Å². The van der Waals surface area contributed by atoms with Crippen LogP contribution in [-0.4, -0.2) is 13.3 Å².